The molecule has 0 saturated carbocycles. The van der Waals surface area contributed by atoms with E-state index in [1.165, 1.54) is 28.1 Å². The fourth-order valence-corrected chi connectivity index (χ4v) is 4.31. The lowest BCUT2D eigenvalue weighted by molar-refractivity contribution is -0.121. The van der Waals surface area contributed by atoms with E-state index in [9.17, 15) is 14.7 Å². The molecule has 0 radical (unpaired) electrons. The molecule has 2 aromatic heterocycles. The first-order valence-corrected chi connectivity index (χ1v) is 9.04. The maximum absolute atomic E-state index is 12.7. The van der Waals surface area contributed by atoms with Crippen LogP contribution in [-0.4, -0.2) is 26.8 Å². The van der Waals surface area contributed by atoms with Crippen LogP contribution >= 0.6 is 11.3 Å². The molecule has 7 nitrogen and oxygen atoms in total. The molecule has 1 aliphatic carbocycles. The van der Waals surface area contributed by atoms with Gasteiger partial charge in [0.05, 0.1) is 17.9 Å². The first-order chi connectivity index (χ1) is 12.6. The summed E-state index contributed by atoms with van der Waals surface area (Å²) in [7, 11) is 0. The number of aromatic hydroxyl groups is 1. The van der Waals surface area contributed by atoms with Crippen molar-refractivity contribution in [2.45, 2.75) is 25.8 Å². The number of fused-ring (bicyclic) bond motifs is 3. The van der Waals surface area contributed by atoms with Crippen molar-refractivity contribution in [2.75, 3.05) is 0 Å². The molecule has 0 atom stereocenters. The normalized spacial score (nSPS) is 13.4. The number of aryl methyl sites for hydroxylation is 2. The van der Waals surface area contributed by atoms with Crippen molar-refractivity contribution < 1.29 is 9.90 Å². The van der Waals surface area contributed by atoms with E-state index in [1.54, 1.807) is 29.5 Å². The molecule has 132 valence electrons. The molecule has 0 unspecified atom stereocenters. The number of thiophene rings is 1. The van der Waals surface area contributed by atoms with Crippen LogP contribution in [0.5, 0.6) is 5.75 Å². The maximum Gasteiger partial charge on any atom is 0.262 e. The molecule has 1 aliphatic rings. The molecule has 0 saturated heterocycles. The summed E-state index contributed by atoms with van der Waals surface area (Å²) in [5, 5.41) is 14.1. The number of hydrogen-bond acceptors (Lipinski definition) is 6. The largest absolute Gasteiger partial charge is 0.507 e. The number of hydrogen-bond donors (Lipinski definition) is 2. The Hall–Kier alpha value is -3.00. The molecule has 0 fully saturated rings. The second-order valence-electron chi connectivity index (χ2n) is 6.07. The van der Waals surface area contributed by atoms with Gasteiger partial charge in [-0.05, 0) is 37.0 Å². The van der Waals surface area contributed by atoms with Gasteiger partial charge in [-0.25, -0.2) is 10.4 Å². The Kier molecular flexibility index (Phi) is 4.26. The highest BCUT2D eigenvalue weighted by Crippen LogP contribution is 2.34. The number of hydrazone groups is 1. The zero-order chi connectivity index (χ0) is 18.1. The van der Waals surface area contributed by atoms with Gasteiger partial charge in [0.15, 0.2) is 0 Å². The summed E-state index contributed by atoms with van der Waals surface area (Å²) in [6.45, 7) is -0.162. The van der Waals surface area contributed by atoms with E-state index in [-0.39, 0.29) is 17.9 Å². The van der Waals surface area contributed by atoms with Crippen LogP contribution in [0, 0.1) is 0 Å². The Morgan fingerprint density at radius 1 is 1.38 bits per heavy atom. The van der Waals surface area contributed by atoms with E-state index in [1.807, 2.05) is 0 Å². The van der Waals surface area contributed by atoms with Gasteiger partial charge >= 0.3 is 0 Å². The van der Waals surface area contributed by atoms with Gasteiger partial charge in [0.25, 0.3) is 11.5 Å². The number of nitrogens with zero attached hydrogens (tertiary/aromatic N) is 3. The van der Waals surface area contributed by atoms with Gasteiger partial charge in [-0.2, -0.15) is 5.10 Å². The fraction of sp³-hybridized carbons (Fsp3) is 0.222. The number of phenols is 1. The van der Waals surface area contributed by atoms with Crippen molar-refractivity contribution in [2.24, 2.45) is 5.10 Å². The third-order valence-electron chi connectivity index (χ3n) is 4.34. The van der Waals surface area contributed by atoms with Gasteiger partial charge in [-0.3, -0.25) is 14.2 Å². The van der Waals surface area contributed by atoms with Gasteiger partial charge < -0.3 is 5.11 Å². The minimum absolute atomic E-state index is 0.0719. The molecular weight excluding hydrogens is 352 g/mol. The third kappa shape index (κ3) is 2.99. The van der Waals surface area contributed by atoms with Crippen LogP contribution in [0.4, 0.5) is 0 Å². The second kappa shape index (κ2) is 6.72. The van der Waals surface area contributed by atoms with E-state index >= 15 is 0 Å². The minimum Gasteiger partial charge on any atom is -0.507 e. The molecule has 0 bridgehead atoms. The van der Waals surface area contributed by atoms with E-state index in [4.69, 9.17) is 0 Å². The van der Waals surface area contributed by atoms with Crippen LogP contribution in [-0.2, 0) is 24.2 Å². The number of carbonyl (C=O) groups excluding carboxylic acids is 1. The molecule has 2 N–H and O–H groups in total. The van der Waals surface area contributed by atoms with Gasteiger partial charge in [-0.1, -0.05) is 12.1 Å². The zero-order valence-corrected chi connectivity index (χ0v) is 14.6. The molecule has 26 heavy (non-hydrogen) atoms. The Labute approximate surface area is 152 Å². The second-order valence-corrected chi connectivity index (χ2v) is 7.15. The number of phenolic OH excluding ortho intramolecular Hbond substituents is 1. The topological polar surface area (TPSA) is 96.6 Å². The number of aromatic nitrogens is 2. The maximum atomic E-state index is 12.7. The fourth-order valence-electron chi connectivity index (χ4n) is 3.09. The Morgan fingerprint density at radius 2 is 2.23 bits per heavy atom. The molecule has 4 rings (SSSR count). The third-order valence-corrected chi connectivity index (χ3v) is 5.54. The summed E-state index contributed by atoms with van der Waals surface area (Å²) >= 11 is 1.57. The Morgan fingerprint density at radius 3 is 3.08 bits per heavy atom. The molecular formula is C18H16N4O3S. The Bertz CT molecular complexity index is 1080. The molecule has 1 amide bonds. The molecule has 8 heteroatoms. The van der Waals surface area contributed by atoms with Crippen molar-refractivity contribution in [3.05, 3.63) is 57.0 Å². The number of para-hydroxylation sites is 1. The zero-order valence-electron chi connectivity index (χ0n) is 13.8. The lowest BCUT2D eigenvalue weighted by atomic mass is 10.2. The lowest BCUT2D eigenvalue weighted by Crippen LogP contribution is -2.30. The van der Waals surface area contributed by atoms with E-state index in [0.29, 0.717) is 10.9 Å². The van der Waals surface area contributed by atoms with Crippen molar-refractivity contribution in [1.29, 1.82) is 0 Å². The van der Waals surface area contributed by atoms with Crippen molar-refractivity contribution in [3.63, 3.8) is 0 Å². The van der Waals surface area contributed by atoms with Gasteiger partial charge in [0.1, 0.15) is 17.1 Å². The summed E-state index contributed by atoms with van der Waals surface area (Å²) < 4.78 is 1.30. The highest BCUT2D eigenvalue weighted by atomic mass is 32.1. The summed E-state index contributed by atoms with van der Waals surface area (Å²) in [6.07, 6.45) is 5.71. The van der Waals surface area contributed by atoms with E-state index in [2.05, 4.69) is 15.5 Å². The predicted molar refractivity (Wildman–Crippen MR) is 99.7 cm³/mol. The SMILES string of the molecule is O=C(Cn1cnc2sc3c(c2c1=O)CCC3)N/N=C/c1ccccc1O. The lowest BCUT2D eigenvalue weighted by Gasteiger charge is -2.04. The molecule has 1 aromatic carbocycles. The predicted octanol–water partition coefficient (Wildman–Crippen LogP) is 1.80. The van der Waals surface area contributed by atoms with Crippen molar-refractivity contribution in [3.8, 4) is 5.75 Å². The standard InChI is InChI=1S/C18H16N4O3S/c23-13-6-2-1-4-11(13)8-20-21-15(24)9-22-10-19-17-16(18(22)25)12-5-3-7-14(12)26-17/h1-2,4,6,8,10,23H,3,5,7,9H2,(H,21,24)/b20-8+. The average molecular weight is 368 g/mol. The summed E-state index contributed by atoms with van der Waals surface area (Å²) in [6, 6.07) is 6.65. The van der Waals surface area contributed by atoms with Gasteiger partial charge in [-0.15, -0.1) is 11.3 Å². The van der Waals surface area contributed by atoms with Crippen LogP contribution in [0.15, 0.2) is 40.5 Å². The quantitative estimate of drug-likeness (QED) is 0.542. The number of amides is 1. The minimum atomic E-state index is -0.438. The van der Waals surface area contributed by atoms with Crippen LogP contribution in [0.25, 0.3) is 10.2 Å². The number of rotatable bonds is 4. The Balaban J connectivity index is 1.50. The van der Waals surface area contributed by atoms with Crippen molar-refractivity contribution >= 4 is 33.7 Å². The van der Waals surface area contributed by atoms with Crippen molar-refractivity contribution in [1.82, 2.24) is 15.0 Å². The van der Waals surface area contributed by atoms with Crippen LogP contribution < -0.4 is 11.0 Å². The number of carbonyl (C=O) groups is 1. The molecule has 0 spiro atoms. The smallest absolute Gasteiger partial charge is 0.262 e. The molecule has 2 heterocycles. The number of nitrogens with one attached hydrogen (secondary N) is 1. The van der Waals surface area contributed by atoms with Crippen LogP contribution in [0.2, 0.25) is 0 Å². The summed E-state index contributed by atoms with van der Waals surface area (Å²) in [5.74, 6) is -0.366. The molecule has 0 aliphatic heterocycles. The first-order valence-electron chi connectivity index (χ1n) is 8.23. The highest BCUT2D eigenvalue weighted by molar-refractivity contribution is 7.18. The summed E-state index contributed by atoms with van der Waals surface area (Å²) in [4.78, 5) is 31.1. The van der Waals surface area contributed by atoms with Crippen LogP contribution in [0.3, 0.4) is 0 Å². The highest BCUT2D eigenvalue weighted by Gasteiger charge is 2.21. The van der Waals surface area contributed by atoms with Crippen LogP contribution in [0.1, 0.15) is 22.4 Å². The first kappa shape index (κ1) is 16.5. The monoisotopic (exact) mass is 368 g/mol. The average Bonchev–Trinajstić information content (AvgIpc) is 3.20. The molecule has 3 aromatic rings. The van der Waals surface area contributed by atoms with E-state index in [0.717, 1.165) is 29.7 Å². The van der Waals surface area contributed by atoms with Gasteiger partial charge in [0.2, 0.25) is 0 Å². The van der Waals surface area contributed by atoms with Gasteiger partial charge in [0, 0.05) is 10.4 Å². The van der Waals surface area contributed by atoms with E-state index < -0.39 is 5.91 Å². The summed E-state index contributed by atoms with van der Waals surface area (Å²) in [5.41, 5.74) is 3.76. The number of benzene rings is 1.